The van der Waals surface area contributed by atoms with Gasteiger partial charge in [-0.1, -0.05) is 57.2 Å². The number of methoxy groups -OCH3 is 1. The summed E-state index contributed by atoms with van der Waals surface area (Å²) in [6.07, 6.45) is -4.13. The van der Waals surface area contributed by atoms with E-state index in [1.165, 1.54) is 14.0 Å². The minimum absolute atomic E-state index is 0.172. The second kappa shape index (κ2) is 25.6. The van der Waals surface area contributed by atoms with Gasteiger partial charge in [0, 0.05) is 70.2 Å². The molecule has 0 spiro atoms. The molecule has 0 saturated carbocycles. The minimum atomic E-state index is -1.82. The van der Waals surface area contributed by atoms with Gasteiger partial charge in [-0.15, -0.1) is 5.10 Å². The van der Waals surface area contributed by atoms with Crippen molar-refractivity contribution >= 4 is 5.97 Å². The van der Waals surface area contributed by atoms with Gasteiger partial charge in [0.2, 0.25) is 0 Å². The zero-order valence-corrected chi connectivity index (χ0v) is 46.7. The molecule has 3 aliphatic rings. The van der Waals surface area contributed by atoms with Crippen LogP contribution in [0.3, 0.4) is 0 Å². The van der Waals surface area contributed by atoms with E-state index in [9.17, 15) is 30.3 Å². The van der Waals surface area contributed by atoms with Crippen molar-refractivity contribution in [3.8, 4) is 22.9 Å². The van der Waals surface area contributed by atoms with E-state index in [0.29, 0.717) is 51.1 Å². The molecule has 6 rings (SSSR count). The predicted octanol–water partition coefficient (Wildman–Crippen LogP) is 5.39. The highest BCUT2D eigenvalue weighted by Crippen LogP contribution is 2.45. The number of aliphatic hydroxyl groups is 5. The molecule has 2 aromatic carbocycles. The molecule has 18 atom stereocenters. The molecule has 4 heterocycles. The first kappa shape index (κ1) is 60.1. The molecule has 3 saturated heterocycles. The maximum absolute atomic E-state index is 14.6. The molecule has 0 amide bonds. The molecule has 0 aliphatic carbocycles. The van der Waals surface area contributed by atoms with Gasteiger partial charge in [0.25, 0.3) is 0 Å². The topological polar surface area (TPSA) is 235 Å². The lowest BCUT2D eigenvalue weighted by molar-refractivity contribution is -0.302. The van der Waals surface area contributed by atoms with Crippen LogP contribution in [-0.4, -0.2) is 181 Å². The third-order valence-electron chi connectivity index (χ3n) is 16.8. The zero-order chi connectivity index (χ0) is 55.2. The van der Waals surface area contributed by atoms with E-state index in [2.05, 4.69) is 21.3 Å². The highest BCUT2D eigenvalue weighted by Gasteiger charge is 2.55. The van der Waals surface area contributed by atoms with E-state index in [1.54, 1.807) is 39.8 Å². The fourth-order valence-electron chi connectivity index (χ4n) is 12.1. The summed E-state index contributed by atoms with van der Waals surface area (Å²) in [5.74, 6) is -2.37. The number of likely N-dealkylation sites (N-methyl/N-ethyl adjacent to an activating group) is 2. The van der Waals surface area contributed by atoms with Gasteiger partial charge >= 0.3 is 5.97 Å². The quantitative estimate of drug-likeness (QED) is 0.0949. The van der Waals surface area contributed by atoms with E-state index in [4.69, 9.17) is 33.7 Å². The fraction of sp³-hybridized carbons (Fsp3) is 0.719. The molecule has 2 unspecified atom stereocenters. The van der Waals surface area contributed by atoms with Crippen molar-refractivity contribution in [1.82, 2.24) is 24.8 Å². The van der Waals surface area contributed by atoms with E-state index in [0.717, 1.165) is 22.6 Å². The second-order valence-corrected chi connectivity index (χ2v) is 22.9. The third-order valence-corrected chi connectivity index (χ3v) is 16.8. The minimum Gasteiger partial charge on any atom is -0.494 e. The van der Waals surface area contributed by atoms with Gasteiger partial charge in [-0.2, -0.15) is 5.26 Å². The molecule has 0 radical (unpaired) electrons. The molecular weight excluding hydrogens is 961 g/mol. The van der Waals surface area contributed by atoms with Crippen LogP contribution in [0.4, 0.5) is 0 Å². The molecule has 18 nitrogen and oxygen atoms in total. The van der Waals surface area contributed by atoms with Crippen LogP contribution < -0.4 is 4.74 Å². The van der Waals surface area contributed by atoms with Crippen molar-refractivity contribution in [3.05, 3.63) is 66.0 Å². The number of carbonyl (C=O) groups excluding carboxylic acids is 1. The fourth-order valence-corrected chi connectivity index (χ4v) is 12.1. The Kier molecular flexibility index (Phi) is 20.5. The number of hydrogen-bond donors (Lipinski definition) is 5. The lowest BCUT2D eigenvalue weighted by atomic mass is 9.68. The van der Waals surface area contributed by atoms with E-state index >= 15 is 0 Å². The molecule has 3 fully saturated rings. The van der Waals surface area contributed by atoms with E-state index < -0.39 is 102 Å². The lowest BCUT2D eigenvalue weighted by Gasteiger charge is -2.51. The Hall–Kier alpha value is -4.10. The van der Waals surface area contributed by atoms with Crippen molar-refractivity contribution in [2.45, 2.75) is 198 Å². The number of cyclic esters (lactones) is 1. The van der Waals surface area contributed by atoms with Crippen LogP contribution in [0.1, 0.15) is 113 Å². The van der Waals surface area contributed by atoms with Gasteiger partial charge in [-0.3, -0.25) is 9.48 Å². The smallest absolute Gasteiger partial charge is 0.309 e. The second-order valence-electron chi connectivity index (χ2n) is 22.9. The number of esters is 1. The van der Waals surface area contributed by atoms with Crippen LogP contribution in [-0.2, 0) is 41.4 Å². The molecule has 75 heavy (non-hydrogen) atoms. The number of hydrogen-bond acceptors (Lipinski definition) is 17. The molecule has 1 aromatic heterocycles. The Bertz CT molecular complexity index is 2310. The van der Waals surface area contributed by atoms with Gasteiger partial charge in [0.05, 0.1) is 65.5 Å². The summed E-state index contributed by atoms with van der Waals surface area (Å²) in [6, 6.07) is 16.5. The summed E-state index contributed by atoms with van der Waals surface area (Å²) >= 11 is 0. The molecule has 3 aromatic rings. The number of rotatable bonds is 15. The monoisotopic (exact) mass is 1050 g/mol. The van der Waals surface area contributed by atoms with Crippen molar-refractivity contribution < 1.29 is 58.7 Å². The summed E-state index contributed by atoms with van der Waals surface area (Å²) in [5, 5.41) is 78.1. The number of nitrogens with zero attached hydrogens (tertiary/aromatic N) is 6. The van der Waals surface area contributed by atoms with Crippen LogP contribution in [0.25, 0.3) is 11.1 Å². The summed E-state index contributed by atoms with van der Waals surface area (Å²) in [7, 11) is 5.34. The van der Waals surface area contributed by atoms with Gasteiger partial charge in [0.15, 0.2) is 6.29 Å². The van der Waals surface area contributed by atoms with Gasteiger partial charge in [-0.25, -0.2) is 0 Å². The number of benzene rings is 2. The summed E-state index contributed by atoms with van der Waals surface area (Å²) in [4.78, 5) is 18.6. The Balaban J connectivity index is 1.17. The number of ether oxygens (including phenoxy) is 6. The molecule has 3 aliphatic heterocycles. The van der Waals surface area contributed by atoms with Gasteiger partial charge in [-0.05, 0) is 122 Å². The van der Waals surface area contributed by atoms with Crippen molar-refractivity contribution in [3.63, 3.8) is 0 Å². The van der Waals surface area contributed by atoms with Gasteiger partial charge in [0.1, 0.15) is 35.8 Å². The Labute approximate surface area is 445 Å². The predicted molar refractivity (Wildman–Crippen MR) is 282 cm³/mol. The van der Waals surface area contributed by atoms with Gasteiger partial charge < -0.3 is 63.8 Å². The van der Waals surface area contributed by atoms with E-state index in [1.807, 2.05) is 101 Å². The average Bonchev–Trinajstić information content (AvgIpc) is 3.84. The first-order valence-electron chi connectivity index (χ1n) is 27.1. The average molecular weight is 1050 g/mol. The van der Waals surface area contributed by atoms with Crippen LogP contribution in [0.2, 0.25) is 0 Å². The maximum Gasteiger partial charge on any atom is 0.309 e. The highest BCUT2D eigenvalue weighted by atomic mass is 16.7. The van der Waals surface area contributed by atoms with Crippen LogP contribution in [0.15, 0.2) is 54.7 Å². The summed E-state index contributed by atoms with van der Waals surface area (Å²) < 4.78 is 40.1. The SMILES string of the molecule is CC[C@H]1OC(=O)[C@H](C)[C@@H](C2C[C@@](C)(OC)[C@@H](O)[C@H](C)O2)[C@H](C)[C@@H](O[C@@H]2OC(C)C[C@H](N(C)CCc3cn(CCCOc4ccc(-c5ccc(C#N)cc5)cc4)nn3)[C@H]2O)[C@](C)(O)C[C@@H](C)CN(C)[C@H](C)[C@@H](O)[C@]1(C)O. The summed E-state index contributed by atoms with van der Waals surface area (Å²) in [6.45, 7) is 20.1. The third kappa shape index (κ3) is 14.3. The van der Waals surface area contributed by atoms with E-state index in [-0.39, 0.29) is 31.3 Å². The summed E-state index contributed by atoms with van der Waals surface area (Å²) in [5.41, 5.74) is -0.970. The maximum atomic E-state index is 14.6. The largest absolute Gasteiger partial charge is 0.494 e. The molecule has 0 bridgehead atoms. The normalized spacial score (nSPS) is 37.8. The van der Waals surface area contributed by atoms with Crippen molar-refractivity contribution in [2.24, 2.45) is 23.7 Å². The number of nitriles is 1. The first-order chi connectivity index (χ1) is 35.3. The Morgan fingerprint density at radius 3 is 2.21 bits per heavy atom. The lowest BCUT2D eigenvalue weighted by Crippen LogP contribution is -2.62. The van der Waals surface area contributed by atoms with Crippen molar-refractivity contribution in [2.75, 3.05) is 40.9 Å². The molecule has 418 valence electrons. The zero-order valence-electron chi connectivity index (χ0n) is 46.7. The Morgan fingerprint density at radius 1 is 0.933 bits per heavy atom. The van der Waals surface area contributed by atoms with Crippen molar-refractivity contribution in [1.29, 1.82) is 5.26 Å². The molecule has 18 heteroatoms. The molecular formula is C57H88N6O12. The number of aromatic nitrogens is 3. The molecule has 5 N–H and O–H groups in total. The van der Waals surface area contributed by atoms with Crippen LogP contribution >= 0.6 is 0 Å². The standard InChI is InChI=1S/C57H88N6O12/c1-14-47-57(10,69)50(65)38(6)62(12)32-34(2)29-55(8,68)52(36(4)48(37(5)53(67)74-47)46-30-56(9,70-13)51(66)39(7)73-46)75-54-49(64)45(28-35(3)72-54)61(11)26-24-43-33-63(60-59-43)25-15-27-71-44-22-20-42(21-23-44)41-18-16-40(31-58)17-19-41/h16-23,33-39,45-52,54,64-66,68-69H,14-15,24-30,32H2,1-13H3/t34-,35?,36+,37-,38-,39+,45+,46?,47-,48+,49-,50-,51+,52-,54+,55-,56-,57-/m1/s1. The van der Waals surface area contributed by atoms with Crippen LogP contribution in [0, 0.1) is 35.0 Å². The van der Waals surface area contributed by atoms with Crippen LogP contribution in [0.5, 0.6) is 5.75 Å². The Morgan fingerprint density at radius 2 is 1.59 bits per heavy atom. The number of aliphatic hydroxyl groups excluding tert-OH is 3. The highest BCUT2D eigenvalue weighted by molar-refractivity contribution is 5.73. The first-order valence-corrected chi connectivity index (χ1v) is 27.1. The number of aryl methyl sites for hydroxylation is 1. The number of carbonyl (C=O) groups is 1.